The second kappa shape index (κ2) is 6.16. The lowest BCUT2D eigenvalue weighted by atomic mass is 9.78. The molecule has 0 aliphatic heterocycles. The number of phenols is 1. The molecule has 0 spiro atoms. The van der Waals surface area contributed by atoms with Crippen LogP contribution in [0.5, 0.6) is 5.75 Å². The van der Waals surface area contributed by atoms with Gasteiger partial charge in [-0.3, -0.25) is 0 Å². The van der Waals surface area contributed by atoms with E-state index in [4.69, 9.17) is 0 Å². The highest BCUT2D eigenvalue weighted by Gasteiger charge is 2.26. The van der Waals surface area contributed by atoms with Crippen molar-refractivity contribution >= 4 is 5.69 Å². The van der Waals surface area contributed by atoms with Gasteiger partial charge in [0, 0.05) is 30.9 Å². The van der Waals surface area contributed by atoms with Gasteiger partial charge in [-0.25, -0.2) is 0 Å². The third-order valence-corrected chi connectivity index (χ3v) is 4.44. The van der Waals surface area contributed by atoms with Crippen molar-refractivity contribution in [1.29, 1.82) is 0 Å². The van der Waals surface area contributed by atoms with Gasteiger partial charge in [0.05, 0.1) is 0 Å². The lowest BCUT2D eigenvalue weighted by molar-refractivity contribution is 0.423. The summed E-state index contributed by atoms with van der Waals surface area (Å²) in [5.41, 5.74) is 5.31. The van der Waals surface area contributed by atoms with Gasteiger partial charge in [0.1, 0.15) is 5.75 Å². The molecule has 0 radical (unpaired) electrons. The van der Waals surface area contributed by atoms with Crippen LogP contribution < -0.4 is 4.90 Å². The van der Waals surface area contributed by atoms with Crippen molar-refractivity contribution in [1.82, 2.24) is 0 Å². The van der Waals surface area contributed by atoms with Gasteiger partial charge in [-0.05, 0) is 46.2 Å². The predicted octanol–water partition coefficient (Wildman–Crippen LogP) is 5.72. The van der Waals surface area contributed by atoms with Crippen LogP contribution in [-0.4, -0.2) is 19.2 Å². The van der Waals surface area contributed by atoms with Gasteiger partial charge in [-0.1, -0.05) is 53.7 Å². The summed E-state index contributed by atoms with van der Waals surface area (Å²) in [4.78, 5) is 2.10. The molecular weight excluding hydrogens is 294 g/mol. The van der Waals surface area contributed by atoms with Crippen molar-refractivity contribution in [2.75, 3.05) is 19.0 Å². The zero-order valence-electron chi connectivity index (χ0n) is 16.4. The summed E-state index contributed by atoms with van der Waals surface area (Å²) in [5, 5.41) is 10.8. The number of aromatic hydroxyl groups is 1. The van der Waals surface area contributed by atoms with Gasteiger partial charge in [0.25, 0.3) is 0 Å². The molecule has 2 nitrogen and oxygen atoms in total. The first kappa shape index (κ1) is 18.4. The van der Waals surface area contributed by atoms with Crippen LogP contribution in [0.4, 0.5) is 5.69 Å². The molecule has 24 heavy (non-hydrogen) atoms. The molecule has 0 aliphatic carbocycles. The average Bonchev–Trinajstić information content (AvgIpc) is 2.45. The Bertz CT molecular complexity index is 678. The van der Waals surface area contributed by atoms with E-state index in [9.17, 15) is 5.11 Å². The van der Waals surface area contributed by atoms with Crippen LogP contribution in [0.25, 0.3) is 11.1 Å². The minimum absolute atomic E-state index is 0.107. The molecule has 0 aromatic heterocycles. The topological polar surface area (TPSA) is 23.5 Å². The summed E-state index contributed by atoms with van der Waals surface area (Å²) < 4.78 is 0. The van der Waals surface area contributed by atoms with E-state index < -0.39 is 0 Å². The summed E-state index contributed by atoms with van der Waals surface area (Å²) in [7, 11) is 4.09. The monoisotopic (exact) mass is 325 g/mol. The number of hydrogen-bond acceptors (Lipinski definition) is 2. The Morgan fingerprint density at radius 3 is 1.46 bits per heavy atom. The zero-order chi connectivity index (χ0) is 18.3. The number of rotatable bonds is 2. The van der Waals surface area contributed by atoms with Crippen molar-refractivity contribution in [2.45, 2.75) is 52.4 Å². The number of benzene rings is 2. The first-order valence-electron chi connectivity index (χ1n) is 8.57. The van der Waals surface area contributed by atoms with Crippen LogP contribution in [0.3, 0.4) is 0 Å². The van der Waals surface area contributed by atoms with Crippen molar-refractivity contribution in [3.8, 4) is 16.9 Å². The predicted molar refractivity (Wildman–Crippen MR) is 105 cm³/mol. The Hall–Kier alpha value is -1.96. The summed E-state index contributed by atoms with van der Waals surface area (Å²) in [6, 6.07) is 12.8. The molecule has 2 rings (SSSR count). The fraction of sp³-hybridized carbons (Fsp3) is 0.455. The highest BCUT2D eigenvalue weighted by atomic mass is 16.3. The van der Waals surface area contributed by atoms with E-state index in [-0.39, 0.29) is 10.8 Å². The van der Waals surface area contributed by atoms with Crippen molar-refractivity contribution in [3.63, 3.8) is 0 Å². The maximum Gasteiger partial charge on any atom is 0.123 e. The molecule has 2 aromatic carbocycles. The zero-order valence-corrected chi connectivity index (χ0v) is 16.4. The van der Waals surface area contributed by atoms with Gasteiger partial charge < -0.3 is 10.0 Å². The van der Waals surface area contributed by atoms with E-state index in [2.05, 4.69) is 82.8 Å². The third kappa shape index (κ3) is 3.75. The first-order chi connectivity index (χ1) is 10.9. The number of nitrogens with zero attached hydrogens (tertiary/aromatic N) is 1. The number of anilines is 1. The van der Waals surface area contributed by atoms with E-state index in [1.54, 1.807) is 0 Å². The molecule has 0 saturated heterocycles. The standard InChI is InChI=1S/C22H31NO/c1-21(2,3)18-13-16(14-19(20(18)24)22(4,5)6)15-9-11-17(12-10-15)23(7)8/h9-14,24H,1-8H3. The van der Waals surface area contributed by atoms with Gasteiger partial charge in [-0.15, -0.1) is 0 Å². The molecule has 0 amide bonds. The van der Waals surface area contributed by atoms with Gasteiger partial charge in [-0.2, -0.15) is 0 Å². The average molecular weight is 325 g/mol. The minimum atomic E-state index is -0.107. The molecule has 0 saturated carbocycles. The summed E-state index contributed by atoms with van der Waals surface area (Å²) in [6.07, 6.45) is 0. The molecule has 0 aliphatic rings. The fourth-order valence-electron chi connectivity index (χ4n) is 2.90. The Morgan fingerprint density at radius 2 is 1.12 bits per heavy atom. The largest absolute Gasteiger partial charge is 0.507 e. The van der Waals surface area contributed by atoms with Crippen LogP contribution in [-0.2, 0) is 10.8 Å². The smallest absolute Gasteiger partial charge is 0.123 e. The molecule has 0 heterocycles. The van der Waals surface area contributed by atoms with Crippen LogP contribution >= 0.6 is 0 Å². The van der Waals surface area contributed by atoms with E-state index >= 15 is 0 Å². The fourth-order valence-corrected chi connectivity index (χ4v) is 2.90. The Morgan fingerprint density at radius 1 is 0.708 bits per heavy atom. The maximum absolute atomic E-state index is 10.8. The van der Waals surface area contributed by atoms with Crippen LogP contribution in [0, 0.1) is 0 Å². The van der Waals surface area contributed by atoms with Crippen molar-refractivity contribution in [2.24, 2.45) is 0 Å². The summed E-state index contributed by atoms with van der Waals surface area (Å²) in [6.45, 7) is 12.9. The van der Waals surface area contributed by atoms with Crippen LogP contribution in [0.15, 0.2) is 36.4 Å². The maximum atomic E-state index is 10.8. The quantitative estimate of drug-likeness (QED) is 0.763. The Labute approximate surface area is 147 Å². The molecule has 0 bridgehead atoms. The van der Waals surface area contributed by atoms with Gasteiger partial charge in [0.2, 0.25) is 0 Å². The SMILES string of the molecule is CN(C)c1ccc(-c2cc(C(C)(C)C)c(O)c(C(C)(C)C)c2)cc1. The van der Waals surface area contributed by atoms with Crippen LogP contribution in [0.2, 0.25) is 0 Å². The summed E-state index contributed by atoms with van der Waals surface area (Å²) >= 11 is 0. The molecule has 130 valence electrons. The van der Waals surface area contributed by atoms with Crippen molar-refractivity contribution in [3.05, 3.63) is 47.5 Å². The lowest BCUT2D eigenvalue weighted by Crippen LogP contribution is -2.17. The minimum Gasteiger partial charge on any atom is -0.507 e. The molecule has 0 atom stereocenters. The molecule has 0 unspecified atom stereocenters. The number of phenolic OH excluding ortho intramolecular Hbond substituents is 1. The van der Waals surface area contributed by atoms with Gasteiger partial charge >= 0.3 is 0 Å². The van der Waals surface area contributed by atoms with E-state index in [1.165, 1.54) is 11.3 Å². The normalized spacial score (nSPS) is 12.3. The molecule has 2 heteroatoms. The molecule has 2 aromatic rings. The highest BCUT2D eigenvalue weighted by molar-refractivity contribution is 5.70. The Kier molecular flexibility index (Phi) is 4.72. The first-order valence-corrected chi connectivity index (χ1v) is 8.57. The molecule has 1 N–H and O–H groups in total. The summed E-state index contributed by atoms with van der Waals surface area (Å²) in [5.74, 6) is 0.434. The van der Waals surface area contributed by atoms with E-state index in [1.807, 2.05) is 14.1 Å². The second-order valence-electron chi connectivity index (χ2n) is 8.86. The van der Waals surface area contributed by atoms with E-state index in [0.717, 1.165) is 16.7 Å². The van der Waals surface area contributed by atoms with Crippen LogP contribution in [0.1, 0.15) is 52.7 Å². The number of hydrogen-bond donors (Lipinski definition) is 1. The molecular formula is C22H31NO. The second-order valence-corrected chi connectivity index (χ2v) is 8.86. The van der Waals surface area contributed by atoms with Gasteiger partial charge in [0.15, 0.2) is 0 Å². The Balaban J connectivity index is 2.66. The highest BCUT2D eigenvalue weighted by Crippen LogP contribution is 2.42. The third-order valence-electron chi connectivity index (χ3n) is 4.44. The van der Waals surface area contributed by atoms with Crippen molar-refractivity contribution < 1.29 is 5.11 Å². The molecule has 0 fully saturated rings. The van der Waals surface area contributed by atoms with E-state index in [0.29, 0.717) is 5.75 Å². The lowest BCUT2D eigenvalue weighted by Gasteiger charge is -2.28.